The van der Waals surface area contributed by atoms with Crippen LogP contribution in [0.25, 0.3) is 0 Å². The van der Waals surface area contributed by atoms with Crippen molar-refractivity contribution in [3.05, 3.63) is 0 Å². The highest BCUT2D eigenvalue weighted by molar-refractivity contribution is 5.82. The van der Waals surface area contributed by atoms with E-state index in [-0.39, 0.29) is 55.4 Å². The van der Waals surface area contributed by atoms with Crippen LogP contribution in [-0.2, 0) is 9.53 Å². The van der Waals surface area contributed by atoms with E-state index in [0.717, 1.165) is 38.8 Å². The number of halogens is 5. The van der Waals surface area contributed by atoms with Gasteiger partial charge in [0.15, 0.2) is 0 Å². The molecule has 1 amide bonds. The molecule has 12 heteroatoms. The van der Waals surface area contributed by atoms with E-state index in [1.807, 2.05) is 4.90 Å². The van der Waals surface area contributed by atoms with Gasteiger partial charge < -0.3 is 9.64 Å². The first-order valence-corrected chi connectivity index (χ1v) is 15.2. The van der Waals surface area contributed by atoms with E-state index in [2.05, 4.69) is 22.8 Å². The number of fused-ring (bicyclic) bond motifs is 1. The lowest BCUT2D eigenvalue weighted by molar-refractivity contribution is -0.204. The standard InChI is InChI=1S/C28H44F5N5O2/c1-36-16-34-35-25(36)10-27(14-40-15-27)18-3-2-4-19(9-18)38-12-21-20(26(38)39)7-17(8-22(21)28(31,32)33)11-37-6-5-23(29)24(30)13-37/h17-25,34-35H,2-16H2,1H3/t17?,18?,19?,20?,21?,22?,23-,24-,25?/m1/s1. The van der Waals surface area contributed by atoms with Crippen LogP contribution in [0.4, 0.5) is 22.0 Å². The Bertz CT molecular complexity index is 922. The zero-order valence-electron chi connectivity index (χ0n) is 23.4. The Morgan fingerprint density at radius 1 is 1.05 bits per heavy atom. The maximum Gasteiger partial charge on any atom is 0.392 e. The van der Waals surface area contributed by atoms with Gasteiger partial charge in [-0.1, -0.05) is 6.42 Å². The van der Waals surface area contributed by atoms with Gasteiger partial charge in [-0.15, -0.1) is 0 Å². The summed E-state index contributed by atoms with van der Waals surface area (Å²) in [5.41, 5.74) is 6.55. The molecule has 9 atom stereocenters. The molecule has 228 valence electrons. The maximum absolute atomic E-state index is 14.4. The quantitative estimate of drug-likeness (QED) is 0.473. The fourth-order valence-electron chi connectivity index (χ4n) is 8.83. The van der Waals surface area contributed by atoms with Crippen LogP contribution in [-0.4, -0.2) is 104 Å². The van der Waals surface area contributed by atoms with Crippen molar-refractivity contribution < 1.29 is 31.5 Å². The van der Waals surface area contributed by atoms with E-state index in [0.29, 0.717) is 38.6 Å². The Morgan fingerprint density at radius 3 is 2.50 bits per heavy atom. The number of hydrogen-bond donors (Lipinski definition) is 2. The summed E-state index contributed by atoms with van der Waals surface area (Å²) >= 11 is 0. The molecule has 4 saturated heterocycles. The average Bonchev–Trinajstić information content (AvgIpc) is 3.45. The molecule has 2 N–H and O–H groups in total. The highest BCUT2D eigenvalue weighted by atomic mass is 19.4. The number of hydrazine groups is 1. The van der Waals surface area contributed by atoms with Crippen LogP contribution in [0.1, 0.15) is 51.4 Å². The van der Waals surface area contributed by atoms with Gasteiger partial charge in [-0.25, -0.2) is 19.6 Å². The third kappa shape index (κ3) is 5.52. The topological polar surface area (TPSA) is 60.1 Å². The van der Waals surface area contributed by atoms with Crippen LogP contribution in [0.15, 0.2) is 0 Å². The molecule has 40 heavy (non-hydrogen) atoms. The molecular weight excluding hydrogens is 533 g/mol. The SMILES string of the molecule is CN1CNNC1CC1(C2CCCC(N3CC4C(CC(CN5CC[C@@H](F)[C@H](F)C5)CC4C(F)(F)F)C3=O)C2)COC1. The number of alkyl halides is 5. The molecule has 6 aliphatic rings. The molecule has 6 fully saturated rings. The summed E-state index contributed by atoms with van der Waals surface area (Å²) in [6, 6.07) is -0.0371. The normalized spacial score (nSPS) is 43.1. The van der Waals surface area contributed by atoms with Gasteiger partial charge in [-0.2, -0.15) is 13.2 Å². The van der Waals surface area contributed by atoms with Crippen LogP contribution in [0.2, 0.25) is 0 Å². The van der Waals surface area contributed by atoms with E-state index in [1.165, 1.54) is 0 Å². The summed E-state index contributed by atoms with van der Waals surface area (Å²) in [7, 11) is 2.07. The summed E-state index contributed by atoms with van der Waals surface area (Å²) in [5, 5.41) is 0. The van der Waals surface area contributed by atoms with Crippen molar-refractivity contribution in [3.8, 4) is 0 Å². The number of carbonyl (C=O) groups is 1. The van der Waals surface area contributed by atoms with Crippen LogP contribution >= 0.6 is 0 Å². The summed E-state index contributed by atoms with van der Waals surface area (Å²) in [6.07, 6.45) is -2.27. The molecule has 7 nitrogen and oxygen atoms in total. The molecular formula is C28H44F5N5O2. The van der Waals surface area contributed by atoms with E-state index >= 15 is 0 Å². The Labute approximate surface area is 233 Å². The van der Waals surface area contributed by atoms with Crippen molar-refractivity contribution in [3.63, 3.8) is 0 Å². The average molecular weight is 578 g/mol. The van der Waals surface area contributed by atoms with Gasteiger partial charge in [0.1, 0.15) is 12.3 Å². The number of ether oxygens (including phenoxy) is 1. The van der Waals surface area contributed by atoms with Gasteiger partial charge >= 0.3 is 6.18 Å². The Kier molecular flexibility index (Phi) is 8.13. The van der Waals surface area contributed by atoms with Crippen molar-refractivity contribution in [2.24, 2.45) is 35.0 Å². The number of likely N-dealkylation sites (tertiary alicyclic amines) is 2. The minimum atomic E-state index is -4.39. The molecule has 0 bridgehead atoms. The number of nitrogens with one attached hydrogen (secondary N) is 2. The highest BCUT2D eigenvalue weighted by Crippen LogP contribution is 2.53. The number of rotatable bonds is 6. The molecule has 4 heterocycles. The van der Waals surface area contributed by atoms with E-state index in [1.54, 1.807) is 4.90 Å². The number of nitrogens with zero attached hydrogens (tertiary/aromatic N) is 3. The molecule has 0 spiro atoms. The maximum atomic E-state index is 14.4. The molecule has 0 aromatic rings. The number of carbonyl (C=O) groups excluding carboxylic acids is 1. The van der Waals surface area contributed by atoms with Crippen LogP contribution in [0.5, 0.6) is 0 Å². The van der Waals surface area contributed by atoms with Crippen molar-refractivity contribution in [2.45, 2.75) is 82.1 Å². The minimum absolute atomic E-state index is 0.0209. The molecule has 7 unspecified atom stereocenters. The Hall–Kier alpha value is -1.08. The second kappa shape index (κ2) is 11.2. The van der Waals surface area contributed by atoms with Gasteiger partial charge in [0.25, 0.3) is 0 Å². The third-order valence-electron chi connectivity index (χ3n) is 11.2. The first kappa shape index (κ1) is 29.0. The van der Waals surface area contributed by atoms with Gasteiger partial charge in [-0.05, 0) is 69.7 Å². The second-order valence-electron chi connectivity index (χ2n) is 13.7. The zero-order chi connectivity index (χ0) is 28.2. The van der Waals surface area contributed by atoms with Crippen LogP contribution in [0.3, 0.4) is 0 Å². The summed E-state index contributed by atoms with van der Waals surface area (Å²) in [4.78, 5) is 19.6. The fraction of sp³-hybridized carbons (Fsp3) is 0.964. The van der Waals surface area contributed by atoms with E-state index in [9.17, 15) is 26.7 Å². The number of piperidine rings is 1. The van der Waals surface area contributed by atoms with Crippen LogP contribution in [0, 0.1) is 35.0 Å². The monoisotopic (exact) mass is 577 g/mol. The molecule has 2 aliphatic carbocycles. The molecule has 6 rings (SSSR count). The predicted molar refractivity (Wildman–Crippen MR) is 138 cm³/mol. The first-order chi connectivity index (χ1) is 19.0. The van der Waals surface area contributed by atoms with Gasteiger partial charge in [0.05, 0.1) is 32.0 Å². The summed E-state index contributed by atoms with van der Waals surface area (Å²) in [6.45, 7) is 2.88. The summed E-state index contributed by atoms with van der Waals surface area (Å²) < 4.78 is 76.4. The van der Waals surface area contributed by atoms with E-state index in [4.69, 9.17) is 4.74 Å². The van der Waals surface area contributed by atoms with Gasteiger partial charge in [0.2, 0.25) is 5.91 Å². The van der Waals surface area contributed by atoms with Gasteiger partial charge in [-0.3, -0.25) is 14.6 Å². The van der Waals surface area contributed by atoms with Crippen LogP contribution < -0.4 is 10.9 Å². The second-order valence-corrected chi connectivity index (χ2v) is 13.7. The lowest BCUT2D eigenvalue weighted by atomic mass is 9.64. The molecule has 4 aliphatic heterocycles. The van der Waals surface area contributed by atoms with Crippen molar-refractivity contribution in [2.75, 3.05) is 53.1 Å². The molecule has 0 aromatic carbocycles. The fourth-order valence-corrected chi connectivity index (χ4v) is 8.83. The molecule has 0 aromatic heterocycles. The van der Waals surface area contributed by atoms with E-state index < -0.39 is 36.3 Å². The smallest absolute Gasteiger partial charge is 0.380 e. The largest absolute Gasteiger partial charge is 0.392 e. The van der Waals surface area contributed by atoms with Crippen molar-refractivity contribution in [1.29, 1.82) is 0 Å². The number of hydrogen-bond acceptors (Lipinski definition) is 6. The molecule has 0 radical (unpaired) electrons. The minimum Gasteiger partial charge on any atom is -0.380 e. The third-order valence-corrected chi connectivity index (χ3v) is 11.2. The Balaban J connectivity index is 1.14. The molecule has 2 saturated carbocycles. The number of amides is 1. The Morgan fingerprint density at radius 2 is 1.85 bits per heavy atom. The lowest BCUT2D eigenvalue weighted by Gasteiger charge is -2.52. The van der Waals surface area contributed by atoms with Crippen molar-refractivity contribution in [1.82, 2.24) is 25.6 Å². The van der Waals surface area contributed by atoms with Gasteiger partial charge in [0, 0.05) is 43.6 Å². The highest BCUT2D eigenvalue weighted by Gasteiger charge is 2.58. The predicted octanol–water partition coefficient (Wildman–Crippen LogP) is 3.32. The zero-order valence-corrected chi connectivity index (χ0v) is 23.4. The lowest BCUT2D eigenvalue weighted by Crippen LogP contribution is -2.56. The first-order valence-electron chi connectivity index (χ1n) is 15.2. The van der Waals surface area contributed by atoms with Crippen molar-refractivity contribution >= 4 is 5.91 Å². The summed E-state index contributed by atoms with van der Waals surface area (Å²) in [5.74, 6) is -3.01.